The summed E-state index contributed by atoms with van der Waals surface area (Å²) in [5.74, 6) is -2.39. The molecule has 0 saturated carbocycles. The van der Waals surface area contributed by atoms with Crippen LogP contribution >= 0.6 is 67.8 Å². The zero-order valence-corrected chi connectivity index (χ0v) is 34.7. The summed E-state index contributed by atoms with van der Waals surface area (Å²) in [5, 5.41) is 38.3. The second-order valence-electron chi connectivity index (χ2n) is 15.1. The maximum Gasteiger partial charge on any atom is 0.164 e. The fourth-order valence-corrected chi connectivity index (χ4v) is 10.4. The molecule has 1 aromatic carbocycles. The third-order valence-electron chi connectivity index (χ3n) is 9.97. The lowest BCUT2D eigenvalue weighted by molar-refractivity contribution is -0.162. The molecule has 1 aromatic rings. The van der Waals surface area contributed by atoms with Crippen LogP contribution in [-0.2, 0) is 41.5 Å². The molecule has 3 fully saturated rings. The Morgan fingerprint density at radius 3 is 1.43 bits per heavy atom. The monoisotopic (exact) mass is 1020 g/mol. The number of halogens is 3. The van der Waals surface area contributed by atoms with Gasteiger partial charge in [-0.3, -0.25) is 4.90 Å². The number of hydrogen-bond acceptors (Lipinski definition) is 11. The molecule has 7 rings (SSSR count). The first-order chi connectivity index (χ1) is 22.9. The van der Waals surface area contributed by atoms with E-state index in [0.29, 0.717) is 13.1 Å². The van der Waals surface area contributed by atoms with Gasteiger partial charge in [0.2, 0.25) is 0 Å². The minimum atomic E-state index is -0.904. The number of nitrogens with zero attached hydrogens (tertiary/aromatic N) is 1. The highest BCUT2D eigenvalue weighted by Gasteiger charge is 2.56. The number of rotatable bonds is 7. The van der Waals surface area contributed by atoms with Gasteiger partial charge in [-0.2, -0.15) is 0 Å². The Hall–Kier alpha value is 0.190. The van der Waals surface area contributed by atoms with Crippen LogP contribution in [0.25, 0.3) is 0 Å². The van der Waals surface area contributed by atoms with E-state index in [1.807, 2.05) is 59.8 Å². The SMILES string of the molecule is CC1(C)O[C@H]2[C@H](O)[C@@H](NCc3ccc(CN([C@H]4C=C(I)[C@H]5OC(C)(C)O[C@H]5[C@@H]4O)[C@H]4C=C(I)[C@H]5OC(C)(C)O[C@H]5[C@@H]4O)cc3)C=C(I)[C@H]2O1. The van der Waals surface area contributed by atoms with E-state index in [1.165, 1.54) is 0 Å². The number of aliphatic hydroxyl groups excluding tert-OH is 3. The normalized spacial score (nSPS) is 41.9. The molecule has 0 unspecified atom stereocenters. The van der Waals surface area contributed by atoms with Crippen LogP contribution in [0.2, 0.25) is 0 Å². The Labute approximate surface area is 328 Å². The summed E-state index contributed by atoms with van der Waals surface area (Å²) in [4.78, 5) is 2.14. The van der Waals surface area contributed by atoms with E-state index >= 15 is 0 Å². The molecule has 14 heteroatoms. The lowest BCUT2D eigenvalue weighted by Crippen LogP contribution is -2.61. The third-order valence-corrected chi connectivity index (χ3v) is 12.9. The molecule has 0 bridgehead atoms. The zero-order valence-electron chi connectivity index (χ0n) is 28.3. The Kier molecular flexibility index (Phi) is 10.6. The van der Waals surface area contributed by atoms with Gasteiger partial charge in [0.25, 0.3) is 0 Å². The average molecular weight is 1020 g/mol. The Bertz CT molecular complexity index is 1460. The van der Waals surface area contributed by atoms with Crippen LogP contribution in [0, 0.1) is 0 Å². The van der Waals surface area contributed by atoms with Gasteiger partial charge in [0.15, 0.2) is 17.4 Å². The maximum atomic E-state index is 11.8. The van der Waals surface area contributed by atoms with Crippen molar-refractivity contribution in [3.63, 3.8) is 0 Å². The number of ether oxygens (including phenoxy) is 6. The van der Waals surface area contributed by atoms with Crippen molar-refractivity contribution in [1.82, 2.24) is 10.2 Å². The van der Waals surface area contributed by atoms with Crippen molar-refractivity contribution in [2.24, 2.45) is 0 Å². The van der Waals surface area contributed by atoms with E-state index in [1.54, 1.807) is 0 Å². The second-order valence-corrected chi connectivity index (χ2v) is 18.8. The van der Waals surface area contributed by atoms with Gasteiger partial charge in [-0.15, -0.1) is 0 Å². The van der Waals surface area contributed by atoms with Gasteiger partial charge in [-0.25, -0.2) is 0 Å². The zero-order chi connectivity index (χ0) is 35.2. The molecule has 11 nitrogen and oxygen atoms in total. The van der Waals surface area contributed by atoms with Crippen LogP contribution in [0.1, 0.15) is 52.7 Å². The topological polar surface area (TPSA) is 131 Å². The Morgan fingerprint density at radius 1 is 0.592 bits per heavy atom. The van der Waals surface area contributed by atoms with Gasteiger partial charge in [-0.05, 0) is 120 Å². The van der Waals surface area contributed by atoms with Crippen molar-refractivity contribution in [3.8, 4) is 0 Å². The minimum absolute atomic E-state index is 0.261. The molecule has 4 N–H and O–H groups in total. The summed E-state index contributed by atoms with van der Waals surface area (Å²) >= 11 is 6.84. The molecule has 3 aliphatic carbocycles. The van der Waals surface area contributed by atoms with Crippen LogP contribution in [0.15, 0.2) is 53.2 Å². The van der Waals surface area contributed by atoms with Crippen molar-refractivity contribution in [3.05, 3.63) is 64.4 Å². The second kappa shape index (κ2) is 13.8. The lowest BCUT2D eigenvalue weighted by atomic mass is 9.87. The quantitative estimate of drug-likeness (QED) is 0.292. The van der Waals surface area contributed by atoms with Crippen LogP contribution < -0.4 is 5.32 Å². The summed E-state index contributed by atoms with van der Waals surface area (Å²) in [6, 6.07) is 7.05. The molecular formula is C35H45I3N2O9. The van der Waals surface area contributed by atoms with Crippen molar-refractivity contribution in [1.29, 1.82) is 0 Å². The number of aliphatic hydroxyl groups is 3. The van der Waals surface area contributed by atoms with Crippen LogP contribution in [-0.4, -0.2) is 111 Å². The molecule has 0 amide bonds. The maximum absolute atomic E-state index is 11.8. The molecule has 3 saturated heterocycles. The molecule has 270 valence electrons. The average Bonchev–Trinajstić information content (AvgIpc) is 3.67. The molecule has 0 radical (unpaired) electrons. The van der Waals surface area contributed by atoms with E-state index in [9.17, 15) is 15.3 Å². The van der Waals surface area contributed by atoms with E-state index in [2.05, 4.69) is 102 Å². The van der Waals surface area contributed by atoms with Crippen LogP contribution in [0.5, 0.6) is 0 Å². The van der Waals surface area contributed by atoms with E-state index in [0.717, 1.165) is 21.9 Å². The first kappa shape index (κ1) is 37.5. The van der Waals surface area contributed by atoms with E-state index < -0.39 is 66.1 Å². The Morgan fingerprint density at radius 2 is 0.980 bits per heavy atom. The van der Waals surface area contributed by atoms with Crippen molar-refractivity contribution >= 4 is 67.8 Å². The van der Waals surface area contributed by atoms with E-state index in [4.69, 9.17) is 28.4 Å². The summed E-state index contributed by atoms with van der Waals surface area (Å²) in [5.41, 5.74) is 2.07. The largest absolute Gasteiger partial charge is 0.388 e. The summed E-state index contributed by atoms with van der Waals surface area (Å²) in [7, 11) is 0. The van der Waals surface area contributed by atoms with Crippen molar-refractivity contribution in [2.75, 3.05) is 0 Å². The number of benzene rings is 1. The summed E-state index contributed by atoms with van der Waals surface area (Å²) in [6.45, 7) is 12.2. The van der Waals surface area contributed by atoms with Gasteiger partial charge in [-0.1, -0.05) is 42.5 Å². The van der Waals surface area contributed by atoms with Gasteiger partial charge in [0.05, 0.1) is 18.1 Å². The summed E-state index contributed by atoms with van der Waals surface area (Å²) < 4.78 is 39.7. The smallest absolute Gasteiger partial charge is 0.164 e. The first-order valence-electron chi connectivity index (χ1n) is 16.7. The molecule has 0 spiro atoms. The van der Waals surface area contributed by atoms with Crippen molar-refractivity contribution < 1.29 is 43.7 Å². The molecule has 49 heavy (non-hydrogen) atoms. The highest BCUT2D eigenvalue weighted by Crippen LogP contribution is 2.45. The third kappa shape index (κ3) is 7.49. The van der Waals surface area contributed by atoms with Gasteiger partial charge in [0, 0.05) is 23.8 Å². The molecule has 12 atom stereocenters. The highest BCUT2D eigenvalue weighted by atomic mass is 127. The first-order valence-corrected chi connectivity index (χ1v) is 20.0. The van der Waals surface area contributed by atoms with Crippen LogP contribution in [0.3, 0.4) is 0 Å². The molecule has 3 aliphatic heterocycles. The van der Waals surface area contributed by atoms with E-state index in [-0.39, 0.29) is 24.4 Å². The summed E-state index contributed by atoms with van der Waals surface area (Å²) in [6.07, 6.45) is 1.05. The van der Waals surface area contributed by atoms with Crippen LogP contribution in [0.4, 0.5) is 0 Å². The highest BCUT2D eigenvalue weighted by molar-refractivity contribution is 14.1. The molecule has 6 aliphatic rings. The Balaban J connectivity index is 1.11. The lowest BCUT2D eigenvalue weighted by Gasteiger charge is -2.46. The van der Waals surface area contributed by atoms with Crippen molar-refractivity contribution in [2.45, 2.75) is 145 Å². The predicted molar refractivity (Wildman–Crippen MR) is 206 cm³/mol. The van der Waals surface area contributed by atoms with Gasteiger partial charge < -0.3 is 49.1 Å². The number of nitrogens with one attached hydrogen (secondary N) is 1. The minimum Gasteiger partial charge on any atom is -0.388 e. The molecule has 0 aromatic heterocycles. The fourth-order valence-electron chi connectivity index (χ4n) is 7.81. The molecule has 3 heterocycles. The molecular weight excluding hydrogens is 973 g/mol. The standard InChI is InChI=1S/C35H45I3N2O9/c1-33(2)44-27-18(36)11-21(24(41)30(27)47-33)39-14-16-7-9-17(10-8-16)15-40(22-12-19(37)28-31(25(22)42)48-34(3,4)45-28)23-13-20(38)29-32(26(23)43)49-35(5,6)46-29/h7-13,21-32,39,41-43H,14-15H2,1-6H3/t21-,22-,23-,24+,25+,26+,27+,28+,29+,30-,31-,32-/m0/s1. The van der Waals surface area contributed by atoms with Gasteiger partial charge in [0.1, 0.15) is 54.9 Å². The number of fused-ring (bicyclic) bond motifs is 3. The predicted octanol–water partition coefficient (Wildman–Crippen LogP) is 4.32. The van der Waals surface area contributed by atoms with Gasteiger partial charge >= 0.3 is 0 Å². The number of hydrogen-bond donors (Lipinski definition) is 4. The fraction of sp³-hybridized carbons (Fsp3) is 0.657.